The Morgan fingerprint density at radius 2 is 1.73 bits per heavy atom. The van der Waals surface area contributed by atoms with E-state index in [0.717, 1.165) is 49.5 Å². The lowest BCUT2D eigenvalue weighted by Gasteiger charge is -2.35. The van der Waals surface area contributed by atoms with Gasteiger partial charge in [-0.15, -0.1) is 0 Å². The number of carbonyl (C=O) groups excluding carboxylic acids is 2. The number of nitrogens with one attached hydrogen (secondary N) is 1. The Morgan fingerprint density at radius 1 is 1.00 bits per heavy atom. The molecule has 1 unspecified atom stereocenters. The van der Waals surface area contributed by atoms with Crippen LogP contribution in [0.1, 0.15) is 67.4 Å². The van der Waals surface area contributed by atoms with Crippen LogP contribution in [0.5, 0.6) is 0 Å². The Kier molecular flexibility index (Phi) is 7.04. The molecule has 2 N–H and O–H groups in total. The second-order valence-corrected chi connectivity index (χ2v) is 10.6. The summed E-state index contributed by atoms with van der Waals surface area (Å²) in [5, 5.41) is 10.0. The average molecular weight is 502 g/mol. The van der Waals surface area contributed by atoms with Crippen molar-refractivity contribution in [3.63, 3.8) is 0 Å². The predicted molar refractivity (Wildman–Crippen MR) is 144 cm³/mol. The quantitative estimate of drug-likeness (QED) is 0.471. The maximum absolute atomic E-state index is 14.1. The summed E-state index contributed by atoms with van der Waals surface area (Å²) in [5.74, 6) is -0.401. The number of amides is 2. The minimum absolute atomic E-state index is 0.0106. The van der Waals surface area contributed by atoms with E-state index >= 15 is 0 Å². The molecule has 0 spiro atoms. The monoisotopic (exact) mass is 501 g/mol. The maximum atomic E-state index is 14.1. The van der Waals surface area contributed by atoms with E-state index < -0.39 is 12.0 Å². The number of nitrogens with zero attached hydrogens (tertiary/aromatic N) is 2. The first-order chi connectivity index (χ1) is 17.9. The molecule has 7 heteroatoms. The summed E-state index contributed by atoms with van der Waals surface area (Å²) < 4.78 is 0. The number of benzene rings is 2. The first-order valence-electron chi connectivity index (χ1n) is 13.4. The van der Waals surface area contributed by atoms with E-state index in [1.807, 2.05) is 47.4 Å². The van der Waals surface area contributed by atoms with Gasteiger partial charge in [0.1, 0.15) is 11.7 Å². The van der Waals surface area contributed by atoms with Gasteiger partial charge in [-0.05, 0) is 67.9 Å². The van der Waals surface area contributed by atoms with Gasteiger partial charge in [-0.1, -0.05) is 43.7 Å². The number of aromatic carboxylic acids is 1. The van der Waals surface area contributed by atoms with Gasteiger partial charge in [0.15, 0.2) is 0 Å². The first-order valence-corrected chi connectivity index (χ1v) is 13.4. The van der Waals surface area contributed by atoms with E-state index in [0.29, 0.717) is 23.7 Å². The Labute approximate surface area is 217 Å². The fourth-order valence-corrected chi connectivity index (χ4v) is 6.22. The van der Waals surface area contributed by atoms with Gasteiger partial charge >= 0.3 is 5.97 Å². The third kappa shape index (κ3) is 4.87. The van der Waals surface area contributed by atoms with Crippen molar-refractivity contribution in [3.05, 3.63) is 65.9 Å². The van der Waals surface area contributed by atoms with Gasteiger partial charge in [0.2, 0.25) is 11.8 Å². The highest BCUT2D eigenvalue weighted by atomic mass is 16.4. The van der Waals surface area contributed by atoms with Crippen LogP contribution in [0.2, 0.25) is 0 Å². The summed E-state index contributed by atoms with van der Waals surface area (Å²) in [7, 11) is 1.74. The van der Waals surface area contributed by atoms with E-state index in [9.17, 15) is 19.5 Å². The molecule has 194 valence electrons. The van der Waals surface area contributed by atoms with Crippen molar-refractivity contribution in [2.24, 2.45) is 11.8 Å². The standard InChI is InChI=1S/C30H35N3O4/c1-3-19-9-11-21(12-10-19)28(34)33-16-15-24(20-7-5-4-6-8-20)27(33)29(35)32(2)23-13-14-25-22(17-23)18-26(31-25)30(36)37/h4-8,13-14,17-19,21,24,27,31H,3,9-12,15-16H2,1-2H3,(H,36,37)/t19?,21?,24?,27-/m0/s1. The number of hydrogen-bond donors (Lipinski definition) is 2. The lowest BCUT2D eigenvalue weighted by atomic mass is 9.80. The zero-order valence-electron chi connectivity index (χ0n) is 21.5. The maximum Gasteiger partial charge on any atom is 0.352 e. The number of carbonyl (C=O) groups is 3. The number of carboxylic acid groups (broad SMARTS) is 1. The zero-order valence-corrected chi connectivity index (χ0v) is 21.5. The van der Waals surface area contributed by atoms with Crippen LogP contribution in [0.15, 0.2) is 54.6 Å². The fourth-order valence-electron chi connectivity index (χ4n) is 6.22. The first kappa shape index (κ1) is 25.1. The zero-order chi connectivity index (χ0) is 26.1. The second kappa shape index (κ2) is 10.4. The van der Waals surface area contributed by atoms with Gasteiger partial charge < -0.3 is 19.9 Å². The minimum Gasteiger partial charge on any atom is -0.477 e. The van der Waals surface area contributed by atoms with Crippen molar-refractivity contribution in [2.45, 2.75) is 57.4 Å². The molecule has 2 amide bonds. The van der Waals surface area contributed by atoms with Crippen molar-refractivity contribution >= 4 is 34.4 Å². The van der Waals surface area contributed by atoms with Gasteiger partial charge in [-0.25, -0.2) is 4.79 Å². The number of anilines is 1. The van der Waals surface area contributed by atoms with Crippen LogP contribution in [-0.4, -0.2) is 52.4 Å². The van der Waals surface area contributed by atoms with Crippen LogP contribution in [0.25, 0.3) is 10.9 Å². The van der Waals surface area contributed by atoms with E-state index in [-0.39, 0.29) is 29.3 Å². The Morgan fingerprint density at radius 3 is 2.41 bits per heavy atom. The molecule has 3 aromatic rings. The molecule has 2 heterocycles. The highest BCUT2D eigenvalue weighted by molar-refractivity contribution is 6.02. The minimum atomic E-state index is -1.03. The van der Waals surface area contributed by atoms with Crippen LogP contribution in [0.4, 0.5) is 5.69 Å². The summed E-state index contributed by atoms with van der Waals surface area (Å²) in [6, 6.07) is 16.5. The van der Waals surface area contributed by atoms with Gasteiger partial charge in [0.25, 0.3) is 0 Å². The molecule has 1 aromatic heterocycles. The molecule has 7 nitrogen and oxygen atoms in total. The number of fused-ring (bicyclic) bond motifs is 1. The topological polar surface area (TPSA) is 93.7 Å². The lowest BCUT2D eigenvalue weighted by Crippen LogP contribution is -2.50. The molecule has 2 atom stereocenters. The van der Waals surface area contributed by atoms with E-state index in [1.165, 1.54) is 0 Å². The third-order valence-corrected chi connectivity index (χ3v) is 8.49. The van der Waals surface area contributed by atoms with Gasteiger partial charge in [-0.3, -0.25) is 9.59 Å². The predicted octanol–water partition coefficient (Wildman–Crippen LogP) is 5.43. The molecule has 2 aromatic carbocycles. The van der Waals surface area contributed by atoms with Crippen molar-refractivity contribution in [2.75, 3.05) is 18.5 Å². The number of likely N-dealkylation sites (tertiary alicyclic amines) is 1. The number of hydrogen-bond acceptors (Lipinski definition) is 3. The normalized spacial score (nSPS) is 23.8. The number of rotatable bonds is 6. The van der Waals surface area contributed by atoms with E-state index in [1.54, 1.807) is 24.1 Å². The Bertz CT molecular complexity index is 1290. The SMILES string of the molecule is CCC1CCC(C(=O)N2CCC(c3ccccc3)[C@H]2C(=O)N(C)c2ccc3[nH]c(C(=O)O)cc3c2)CC1. The highest BCUT2D eigenvalue weighted by Crippen LogP contribution is 2.39. The summed E-state index contributed by atoms with van der Waals surface area (Å²) in [5.41, 5.74) is 2.55. The van der Waals surface area contributed by atoms with E-state index in [4.69, 9.17) is 0 Å². The van der Waals surface area contributed by atoms with Crippen molar-refractivity contribution < 1.29 is 19.5 Å². The molecule has 0 radical (unpaired) electrons. The second-order valence-electron chi connectivity index (χ2n) is 10.6. The fraction of sp³-hybridized carbons (Fsp3) is 0.433. The summed E-state index contributed by atoms with van der Waals surface area (Å²) in [6.45, 7) is 2.80. The van der Waals surface area contributed by atoms with E-state index in [2.05, 4.69) is 11.9 Å². The molecule has 1 saturated carbocycles. The van der Waals surface area contributed by atoms with Crippen LogP contribution < -0.4 is 4.90 Å². The lowest BCUT2D eigenvalue weighted by molar-refractivity contribution is -0.142. The molecule has 37 heavy (non-hydrogen) atoms. The number of aromatic amines is 1. The van der Waals surface area contributed by atoms with Gasteiger partial charge in [-0.2, -0.15) is 0 Å². The van der Waals surface area contributed by atoms with Crippen LogP contribution in [0, 0.1) is 11.8 Å². The van der Waals surface area contributed by atoms with Crippen LogP contribution in [-0.2, 0) is 9.59 Å². The number of aromatic nitrogens is 1. The molecule has 2 aliphatic rings. The van der Waals surface area contributed by atoms with Crippen molar-refractivity contribution in [3.8, 4) is 0 Å². The molecule has 5 rings (SSSR count). The number of H-pyrrole nitrogens is 1. The van der Waals surface area contributed by atoms with Gasteiger partial charge in [0.05, 0.1) is 0 Å². The van der Waals surface area contributed by atoms with Gasteiger partial charge in [0, 0.05) is 42.0 Å². The highest BCUT2D eigenvalue weighted by Gasteiger charge is 2.45. The molecule has 0 bridgehead atoms. The smallest absolute Gasteiger partial charge is 0.352 e. The Hall–Kier alpha value is -3.61. The third-order valence-electron chi connectivity index (χ3n) is 8.49. The molecule has 1 saturated heterocycles. The van der Waals surface area contributed by atoms with Crippen LogP contribution >= 0.6 is 0 Å². The van der Waals surface area contributed by atoms with Crippen molar-refractivity contribution in [1.29, 1.82) is 0 Å². The average Bonchev–Trinajstić information content (AvgIpc) is 3.57. The summed E-state index contributed by atoms with van der Waals surface area (Å²) in [4.78, 5) is 45.6. The molecular formula is C30H35N3O4. The molecule has 1 aliphatic carbocycles. The Balaban J connectivity index is 1.43. The summed E-state index contributed by atoms with van der Waals surface area (Å²) >= 11 is 0. The molecular weight excluding hydrogens is 466 g/mol. The summed E-state index contributed by atoms with van der Waals surface area (Å²) in [6.07, 6.45) is 5.87. The molecule has 1 aliphatic heterocycles. The molecule has 2 fully saturated rings. The van der Waals surface area contributed by atoms with Crippen molar-refractivity contribution in [1.82, 2.24) is 9.88 Å². The number of likely N-dealkylation sites (N-methyl/N-ethyl adjacent to an activating group) is 1. The van der Waals surface area contributed by atoms with Crippen LogP contribution in [0.3, 0.4) is 0 Å². The number of carboxylic acids is 1. The largest absolute Gasteiger partial charge is 0.477 e.